The second-order valence-electron chi connectivity index (χ2n) is 4.02. The van der Waals surface area contributed by atoms with Gasteiger partial charge in [-0.15, -0.1) is 0 Å². The Hall–Kier alpha value is -1.24. The summed E-state index contributed by atoms with van der Waals surface area (Å²) in [4.78, 5) is 0. The van der Waals surface area contributed by atoms with E-state index in [2.05, 4.69) is 32.1 Å². The fraction of sp³-hybridized carbons (Fsp3) is 0.429. The summed E-state index contributed by atoms with van der Waals surface area (Å²) in [7, 11) is 1.75. The van der Waals surface area contributed by atoms with Gasteiger partial charge in [0, 0.05) is 6.42 Å². The van der Waals surface area contributed by atoms with Crippen molar-refractivity contribution in [2.75, 3.05) is 7.11 Å². The van der Waals surface area contributed by atoms with Gasteiger partial charge in [-0.2, -0.15) is 0 Å². The van der Waals surface area contributed by atoms with Crippen molar-refractivity contribution in [1.29, 1.82) is 0 Å². The van der Waals surface area contributed by atoms with E-state index < -0.39 is 0 Å². The third-order valence-electron chi connectivity index (χ3n) is 3.17. The van der Waals surface area contributed by atoms with Crippen molar-refractivity contribution < 1.29 is 4.74 Å². The molecule has 2 rings (SSSR count). The highest BCUT2D eigenvalue weighted by Gasteiger charge is 2.14. The molecular formula is C14H18O. The van der Waals surface area contributed by atoms with Crippen molar-refractivity contribution in [3.05, 3.63) is 40.1 Å². The molecule has 1 nitrogen and oxygen atoms in total. The zero-order valence-electron chi connectivity index (χ0n) is 9.76. The van der Waals surface area contributed by atoms with Gasteiger partial charge < -0.3 is 4.74 Å². The quantitative estimate of drug-likeness (QED) is 0.730. The van der Waals surface area contributed by atoms with Crippen molar-refractivity contribution in [2.24, 2.45) is 0 Å². The van der Waals surface area contributed by atoms with Crippen LogP contribution in [-0.2, 0) is 24.0 Å². The van der Waals surface area contributed by atoms with Gasteiger partial charge >= 0.3 is 0 Å². The molecule has 0 spiro atoms. The zero-order valence-corrected chi connectivity index (χ0v) is 9.76. The maximum Gasteiger partial charge on any atom is 0.100 e. The predicted octanol–water partition coefficient (Wildman–Crippen LogP) is 3.35. The molecule has 0 N–H and O–H groups in total. The number of ether oxygens (including phenoxy) is 1. The first kappa shape index (κ1) is 10.3. The van der Waals surface area contributed by atoms with Gasteiger partial charge in [0.05, 0.1) is 7.11 Å². The lowest BCUT2D eigenvalue weighted by Gasteiger charge is -2.09. The topological polar surface area (TPSA) is 9.23 Å². The number of allylic oxidation sites excluding steroid dienone is 1. The van der Waals surface area contributed by atoms with E-state index in [1.165, 1.54) is 22.3 Å². The van der Waals surface area contributed by atoms with Gasteiger partial charge in [0.25, 0.3) is 0 Å². The Morgan fingerprint density at radius 2 is 1.80 bits per heavy atom. The van der Waals surface area contributed by atoms with Gasteiger partial charge in [-0.1, -0.05) is 26.0 Å². The molecule has 0 fully saturated rings. The second kappa shape index (κ2) is 4.09. The molecule has 0 aromatic heterocycles. The number of hydrogen-bond acceptors (Lipinski definition) is 1. The molecule has 0 amide bonds. The lowest BCUT2D eigenvalue weighted by atomic mass is 9.97. The average Bonchev–Trinajstić information content (AvgIpc) is 2.68. The Balaban J connectivity index is 2.42. The van der Waals surface area contributed by atoms with Gasteiger partial charge in [0.1, 0.15) is 5.76 Å². The molecule has 0 aliphatic heterocycles. The molecule has 0 heterocycles. The minimum Gasteiger partial charge on any atom is -0.501 e. The van der Waals surface area contributed by atoms with Crippen LogP contribution >= 0.6 is 0 Å². The minimum atomic E-state index is 0.961. The number of aryl methyl sites for hydroxylation is 2. The Labute approximate surface area is 91.8 Å². The highest BCUT2D eigenvalue weighted by molar-refractivity contribution is 5.64. The first-order chi connectivity index (χ1) is 7.28. The highest BCUT2D eigenvalue weighted by Crippen LogP contribution is 2.28. The highest BCUT2D eigenvalue weighted by atomic mass is 16.5. The summed E-state index contributed by atoms with van der Waals surface area (Å²) in [5.41, 5.74) is 5.73. The molecule has 80 valence electrons. The Morgan fingerprint density at radius 3 is 2.40 bits per heavy atom. The Bertz CT molecular complexity index is 402. The van der Waals surface area contributed by atoms with Crippen LogP contribution in [0.25, 0.3) is 6.08 Å². The Morgan fingerprint density at radius 1 is 1.13 bits per heavy atom. The van der Waals surface area contributed by atoms with Crippen LogP contribution in [0.15, 0.2) is 17.9 Å². The number of fused-ring (bicyclic) bond motifs is 1. The summed E-state index contributed by atoms with van der Waals surface area (Å²) in [6, 6.07) is 4.66. The second-order valence-corrected chi connectivity index (χ2v) is 4.02. The van der Waals surface area contributed by atoms with Crippen molar-refractivity contribution in [2.45, 2.75) is 33.1 Å². The average molecular weight is 202 g/mol. The van der Waals surface area contributed by atoms with Crippen molar-refractivity contribution in [3.63, 3.8) is 0 Å². The summed E-state index contributed by atoms with van der Waals surface area (Å²) in [6.07, 6.45) is 5.36. The number of methoxy groups -OCH3 is 1. The molecule has 0 bridgehead atoms. The molecule has 1 heteroatoms. The Kier molecular flexibility index (Phi) is 2.81. The fourth-order valence-corrected chi connectivity index (χ4v) is 2.25. The van der Waals surface area contributed by atoms with Crippen LogP contribution in [0.2, 0.25) is 0 Å². The summed E-state index contributed by atoms with van der Waals surface area (Å²) in [6.45, 7) is 4.44. The lowest BCUT2D eigenvalue weighted by molar-refractivity contribution is 0.289. The van der Waals surface area contributed by atoms with Gasteiger partial charge in [-0.05, 0) is 41.2 Å². The maximum absolute atomic E-state index is 5.30. The fourth-order valence-electron chi connectivity index (χ4n) is 2.25. The number of hydrogen-bond donors (Lipinski definition) is 0. The van der Waals surface area contributed by atoms with Crippen molar-refractivity contribution in [3.8, 4) is 0 Å². The third kappa shape index (κ3) is 1.79. The monoisotopic (exact) mass is 202 g/mol. The molecule has 1 aliphatic rings. The van der Waals surface area contributed by atoms with Crippen LogP contribution in [0.1, 0.15) is 36.1 Å². The zero-order chi connectivity index (χ0) is 10.8. The largest absolute Gasteiger partial charge is 0.501 e. The van der Waals surface area contributed by atoms with E-state index in [1.54, 1.807) is 7.11 Å². The standard InChI is InChI=1S/C14H18O/c1-4-10-6-12-8-14(15-3)9-13(12)7-11(10)5-2/h6-8H,4-5,9H2,1-3H3. The summed E-state index contributed by atoms with van der Waals surface area (Å²) < 4.78 is 5.30. The smallest absolute Gasteiger partial charge is 0.100 e. The molecule has 0 saturated carbocycles. The van der Waals surface area contributed by atoms with E-state index in [9.17, 15) is 0 Å². The van der Waals surface area contributed by atoms with Crippen molar-refractivity contribution in [1.82, 2.24) is 0 Å². The molecule has 0 saturated heterocycles. The SMILES string of the molecule is CCc1cc2c(cc1CC)CC(OC)=C2. The van der Waals surface area contributed by atoms with Gasteiger partial charge in [0.2, 0.25) is 0 Å². The molecule has 1 aromatic rings. The van der Waals surface area contributed by atoms with E-state index >= 15 is 0 Å². The summed E-state index contributed by atoms with van der Waals surface area (Å²) in [5.74, 6) is 1.08. The van der Waals surface area contributed by atoms with E-state index in [-0.39, 0.29) is 0 Å². The van der Waals surface area contributed by atoms with Crippen LogP contribution < -0.4 is 0 Å². The van der Waals surface area contributed by atoms with Crippen LogP contribution in [0, 0.1) is 0 Å². The first-order valence-corrected chi connectivity index (χ1v) is 5.67. The lowest BCUT2D eigenvalue weighted by Crippen LogP contribution is -1.95. The van der Waals surface area contributed by atoms with E-state index in [1.807, 2.05) is 0 Å². The predicted molar refractivity (Wildman–Crippen MR) is 63.9 cm³/mol. The molecule has 1 aliphatic carbocycles. The minimum absolute atomic E-state index is 0.961. The van der Waals surface area contributed by atoms with Crippen LogP contribution in [0.4, 0.5) is 0 Å². The number of benzene rings is 1. The van der Waals surface area contributed by atoms with E-state index in [0.717, 1.165) is 25.0 Å². The van der Waals surface area contributed by atoms with Crippen molar-refractivity contribution >= 4 is 6.08 Å². The van der Waals surface area contributed by atoms with Crippen LogP contribution in [-0.4, -0.2) is 7.11 Å². The van der Waals surface area contributed by atoms with E-state index in [4.69, 9.17) is 4.74 Å². The first-order valence-electron chi connectivity index (χ1n) is 5.67. The van der Waals surface area contributed by atoms with Gasteiger partial charge in [-0.25, -0.2) is 0 Å². The third-order valence-corrected chi connectivity index (χ3v) is 3.17. The normalized spacial score (nSPS) is 13.7. The molecular weight excluding hydrogens is 184 g/mol. The summed E-state index contributed by atoms with van der Waals surface area (Å²) >= 11 is 0. The molecule has 15 heavy (non-hydrogen) atoms. The molecule has 0 radical (unpaired) electrons. The maximum atomic E-state index is 5.30. The van der Waals surface area contributed by atoms with Crippen LogP contribution in [0.3, 0.4) is 0 Å². The molecule has 0 atom stereocenters. The van der Waals surface area contributed by atoms with Gasteiger partial charge in [-0.3, -0.25) is 0 Å². The molecule has 1 aromatic carbocycles. The molecule has 0 unspecified atom stereocenters. The summed E-state index contributed by atoms with van der Waals surface area (Å²) in [5, 5.41) is 0. The number of rotatable bonds is 3. The van der Waals surface area contributed by atoms with Crippen LogP contribution in [0.5, 0.6) is 0 Å². The van der Waals surface area contributed by atoms with E-state index in [0.29, 0.717) is 0 Å². The van der Waals surface area contributed by atoms with Gasteiger partial charge in [0.15, 0.2) is 0 Å².